The van der Waals surface area contributed by atoms with Crippen molar-refractivity contribution in [3.63, 3.8) is 0 Å². The van der Waals surface area contributed by atoms with Crippen molar-refractivity contribution in [2.75, 3.05) is 27.8 Å². The van der Waals surface area contributed by atoms with Crippen LogP contribution in [0.2, 0.25) is 0 Å². The number of aromatic nitrogens is 4. The maximum Gasteiger partial charge on any atom is 0.268 e. The molecule has 5 rings (SSSR count). The second kappa shape index (κ2) is 11.5. The van der Waals surface area contributed by atoms with E-state index in [1.54, 1.807) is 61.4 Å². The van der Waals surface area contributed by atoms with Crippen LogP contribution in [0.4, 0.5) is 4.39 Å². The molecule has 0 saturated heterocycles. The zero-order chi connectivity index (χ0) is 29.3. The molecule has 0 aliphatic heterocycles. The number of carbonyl (C=O) groups is 1. The Morgan fingerprint density at radius 1 is 1.07 bits per heavy atom. The average Bonchev–Trinajstić information content (AvgIpc) is 3.54. The van der Waals surface area contributed by atoms with E-state index in [4.69, 9.17) is 9.47 Å². The summed E-state index contributed by atoms with van der Waals surface area (Å²) in [5, 5.41) is 6.40. The van der Waals surface area contributed by atoms with Gasteiger partial charge in [-0.1, -0.05) is 12.1 Å². The van der Waals surface area contributed by atoms with Crippen LogP contribution in [0.3, 0.4) is 0 Å². The molecule has 3 heterocycles. The molecule has 0 N–H and O–H groups in total. The highest BCUT2D eigenvalue weighted by atomic mass is 32.1. The number of nitrogens with zero attached hydrogens (tertiary/aromatic N) is 5. The first-order valence-electron chi connectivity index (χ1n) is 13.0. The quantitative estimate of drug-likeness (QED) is 0.255. The van der Waals surface area contributed by atoms with Crippen molar-refractivity contribution < 1.29 is 18.7 Å². The number of thiazole rings is 1. The fourth-order valence-electron chi connectivity index (χ4n) is 4.74. The van der Waals surface area contributed by atoms with Gasteiger partial charge < -0.3 is 14.4 Å². The van der Waals surface area contributed by atoms with Crippen LogP contribution in [0.1, 0.15) is 22.6 Å². The summed E-state index contributed by atoms with van der Waals surface area (Å²) in [6, 6.07) is 13.6. The van der Waals surface area contributed by atoms with Crippen LogP contribution in [-0.4, -0.2) is 57.8 Å². The van der Waals surface area contributed by atoms with Crippen molar-refractivity contribution >= 4 is 22.2 Å². The van der Waals surface area contributed by atoms with Gasteiger partial charge in [0.1, 0.15) is 11.5 Å². The molecule has 3 aromatic heterocycles. The molecule has 2 aromatic carbocycles. The van der Waals surface area contributed by atoms with Gasteiger partial charge in [0.2, 0.25) is 5.91 Å². The van der Waals surface area contributed by atoms with E-state index >= 15 is 0 Å². The Kier molecular flexibility index (Phi) is 7.89. The van der Waals surface area contributed by atoms with E-state index in [1.807, 2.05) is 25.1 Å². The maximum absolute atomic E-state index is 13.8. The normalized spacial score (nSPS) is 11.2. The minimum absolute atomic E-state index is 0.0449. The first-order valence-corrected chi connectivity index (χ1v) is 13.9. The van der Waals surface area contributed by atoms with E-state index in [1.165, 1.54) is 27.9 Å². The molecule has 0 bridgehead atoms. The fourth-order valence-corrected chi connectivity index (χ4v) is 5.66. The lowest BCUT2D eigenvalue weighted by Crippen LogP contribution is -2.31. The number of aryl methyl sites for hydroxylation is 2. The highest BCUT2D eigenvalue weighted by molar-refractivity contribution is 7.15. The summed E-state index contributed by atoms with van der Waals surface area (Å²) in [6.45, 7) is 4.09. The molecular formula is C30H30FN5O4S. The number of hydrogen-bond donors (Lipinski definition) is 0. The third-order valence-corrected chi connectivity index (χ3v) is 7.83. The summed E-state index contributed by atoms with van der Waals surface area (Å²) in [5.41, 5.74) is 3.88. The molecule has 0 radical (unpaired) electrons. The molecule has 0 spiro atoms. The van der Waals surface area contributed by atoms with Crippen molar-refractivity contribution in [1.82, 2.24) is 24.1 Å². The van der Waals surface area contributed by atoms with Gasteiger partial charge in [0, 0.05) is 30.4 Å². The zero-order valence-corrected chi connectivity index (χ0v) is 24.3. The van der Waals surface area contributed by atoms with Crippen molar-refractivity contribution in [2.45, 2.75) is 26.7 Å². The number of methoxy groups -OCH3 is 2. The van der Waals surface area contributed by atoms with Gasteiger partial charge in [-0.3, -0.25) is 14.0 Å². The number of amides is 1. The van der Waals surface area contributed by atoms with Gasteiger partial charge in [0.15, 0.2) is 16.5 Å². The third kappa shape index (κ3) is 5.58. The number of fused-ring (bicyclic) bond motifs is 1. The molecule has 11 heteroatoms. The maximum atomic E-state index is 13.8. The molecule has 1 amide bonds. The van der Waals surface area contributed by atoms with E-state index < -0.39 is 0 Å². The number of carbonyl (C=O) groups excluding carboxylic acids is 1. The highest BCUT2D eigenvalue weighted by Gasteiger charge is 2.21. The fraction of sp³-hybridized carbons (Fsp3) is 0.267. The Balaban J connectivity index is 1.39. The first kappa shape index (κ1) is 28.0. The monoisotopic (exact) mass is 575 g/mol. The molecule has 212 valence electrons. The lowest BCUT2D eigenvalue weighted by Gasteiger charge is -2.18. The summed E-state index contributed by atoms with van der Waals surface area (Å²) in [5.74, 6) is 0.789. The number of hydrogen-bond acceptors (Lipinski definition) is 7. The summed E-state index contributed by atoms with van der Waals surface area (Å²) in [7, 11) is 4.92. The topological polar surface area (TPSA) is 91.0 Å². The molecule has 41 heavy (non-hydrogen) atoms. The van der Waals surface area contributed by atoms with Crippen LogP contribution in [-0.2, 0) is 17.6 Å². The molecule has 0 fully saturated rings. The van der Waals surface area contributed by atoms with Gasteiger partial charge in [0.25, 0.3) is 5.56 Å². The molecule has 0 saturated carbocycles. The van der Waals surface area contributed by atoms with Crippen LogP contribution in [0.25, 0.3) is 21.9 Å². The highest BCUT2D eigenvalue weighted by Crippen LogP contribution is 2.28. The average molecular weight is 576 g/mol. The van der Waals surface area contributed by atoms with Crippen molar-refractivity contribution in [2.24, 2.45) is 0 Å². The predicted molar refractivity (Wildman–Crippen MR) is 156 cm³/mol. The van der Waals surface area contributed by atoms with Gasteiger partial charge in [-0.2, -0.15) is 5.10 Å². The molecule has 0 unspecified atom stereocenters. The van der Waals surface area contributed by atoms with Crippen LogP contribution < -0.4 is 15.0 Å². The summed E-state index contributed by atoms with van der Waals surface area (Å²) < 4.78 is 27.6. The minimum atomic E-state index is -0.375. The molecule has 0 aliphatic rings. The number of rotatable bonds is 9. The summed E-state index contributed by atoms with van der Waals surface area (Å²) >= 11 is 1.31. The van der Waals surface area contributed by atoms with Crippen LogP contribution in [0.5, 0.6) is 11.5 Å². The van der Waals surface area contributed by atoms with Gasteiger partial charge in [-0.25, -0.2) is 14.1 Å². The first-order chi connectivity index (χ1) is 19.7. The van der Waals surface area contributed by atoms with E-state index in [0.29, 0.717) is 57.8 Å². The second-order valence-electron chi connectivity index (χ2n) is 9.72. The molecule has 0 aliphatic carbocycles. The lowest BCUT2D eigenvalue weighted by atomic mass is 10.1. The lowest BCUT2D eigenvalue weighted by molar-refractivity contribution is -0.129. The smallest absolute Gasteiger partial charge is 0.268 e. The predicted octanol–water partition coefficient (Wildman–Crippen LogP) is 4.63. The SMILES string of the molecule is COc1ccc(CCN(C)C(=O)Cc2csc3nc(C)c(-c4cc(C)n(-c5cccc(F)c5)n4)c(=O)n23)cc1OC. The van der Waals surface area contributed by atoms with E-state index in [9.17, 15) is 14.0 Å². The largest absolute Gasteiger partial charge is 0.493 e. The molecule has 9 nitrogen and oxygen atoms in total. The third-order valence-electron chi connectivity index (χ3n) is 6.96. The zero-order valence-electron chi connectivity index (χ0n) is 23.5. The Labute approximate surface area is 240 Å². The van der Waals surface area contributed by atoms with Crippen molar-refractivity contribution in [3.05, 3.63) is 92.7 Å². The van der Waals surface area contributed by atoms with Gasteiger partial charge in [-0.05, 0) is 62.2 Å². The van der Waals surface area contributed by atoms with Crippen molar-refractivity contribution in [1.29, 1.82) is 0 Å². The van der Waals surface area contributed by atoms with Crippen molar-refractivity contribution in [3.8, 4) is 28.4 Å². The number of ether oxygens (including phenoxy) is 2. The Hall–Kier alpha value is -4.51. The number of benzene rings is 2. The van der Waals surface area contributed by atoms with Crippen LogP contribution in [0.15, 0.2) is 58.7 Å². The Morgan fingerprint density at radius 2 is 1.85 bits per heavy atom. The van der Waals surface area contributed by atoms with Gasteiger partial charge in [-0.15, -0.1) is 11.3 Å². The van der Waals surface area contributed by atoms with E-state index in [-0.39, 0.29) is 23.7 Å². The minimum Gasteiger partial charge on any atom is -0.493 e. The standard InChI is InChI=1S/C30H30FN5O4S/c1-18-13-24(33-36(18)22-8-6-7-21(31)15-22)28-19(2)32-30-35(29(28)38)23(17-41-30)16-27(37)34(3)12-11-20-9-10-25(39-4)26(14-20)40-5/h6-10,13-15,17H,11-12,16H2,1-5H3. The van der Waals surface area contributed by atoms with E-state index in [2.05, 4.69) is 10.1 Å². The second-order valence-corrected chi connectivity index (χ2v) is 10.6. The van der Waals surface area contributed by atoms with Crippen LogP contribution >= 0.6 is 11.3 Å². The number of likely N-dealkylation sites (N-methyl/N-ethyl adjacent to an activating group) is 1. The van der Waals surface area contributed by atoms with Crippen LogP contribution in [0, 0.1) is 19.7 Å². The molecular weight excluding hydrogens is 545 g/mol. The van der Waals surface area contributed by atoms with Gasteiger partial charge in [0.05, 0.1) is 37.6 Å². The summed E-state index contributed by atoms with van der Waals surface area (Å²) in [6.07, 6.45) is 0.675. The Bertz CT molecular complexity index is 1810. The van der Waals surface area contributed by atoms with E-state index in [0.717, 1.165) is 11.3 Å². The Morgan fingerprint density at radius 3 is 2.59 bits per heavy atom. The van der Waals surface area contributed by atoms with Gasteiger partial charge >= 0.3 is 0 Å². The number of halogens is 1. The summed E-state index contributed by atoms with van der Waals surface area (Å²) in [4.78, 5) is 33.8. The molecule has 5 aromatic rings. The molecule has 0 atom stereocenters.